The third-order valence-corrected chi connectivity index (χ3v) is 8.06. The summed E-state index contributed by atoms with van der Waals surface area (Å²) in [6, 6.07) is 9.06. The van der Waals surface area contributed by atoms with Gasteiger partial charge in [-0.3, -0.25) is 19.0 Å². The van der Waals surface area contributed by atoms with Crippen molar-refractivity contribution in [2.45, 2.75) is 38.8 Å². The van der Waals surface area contributed by atoms with Crippen LogP contribution in [0.5, 0.6) is 5.75 Å². The molecule has 0 radical (unpaired) electrons. The second kappa shape index (κ2) is 12.1. The number of benzene rings is 2. The van der Waals surface area contributed by atoms with Crippen LogP contribution < -0.4 is 26.2 Å². The second-order valence-electron chi connectivity index (χ2n) is 11.1. The molecule has 2 aliphatic rings. The molecular formula is C30H32F2N8O5. The van der Waals surface area contributed by atoms with Crippen molar-refractivity contribution in [3.05, 3.63) is 70.3 Å². The van der Waals surface area contributed by atoms with Crippen LogP contribution >= 0.6 is 0 Å². The summed E-state index contributed by atoms with van der Waals surface area (Å²) in [7, 11) is 1.59. The van der Waals surface area contributed by atoms with E-state index >= 15 is 0 Å². The number of nitrogens with one attached hydrogen (secondary N) is 1. The normalized spacial score (nSPS) is 17.0. The molecule has 4 heterocycles. The van der Waals surface area contributed by atoms with Gasteiger partial charge in [0.15, 0.2) is 0 Å². The van der Waals surface area contributed by atoms with Gasteiger partial charge in [0, 0.05) is 56.7 Å². The second-order valence-corrected chi connectivity index (χ2v) is 11.1. The van der Waals surface area contributed by atoms with Crippen LogP contribution in [0.3, 0.4) is 0 Å². The van der Waals surface area contributed by atoms with Crippen molar-refractivity contribution < 1.29 is 27.8 Å². The Hall–Kier alpha value is -5.05. The van der Waals surface area contributed by atoms with Crippen LogP contribution in [0.1, 0.15) is 18.1 Å². The minimum Gasteiger partial charge on any atom is -0.460 e. The highest BCUT2D eigenvalue weighted by Gasteiger charge is 2.36. The highest BCUT2D eigenvalue weighted by atomic mass is 19.3. The minimum atomic E-state index is -3.06. The lowest BCUT2D eigenvalue weighted by atomic mass is 10.1. The molecule has 236 valence electrons. The summed E-state index contributed by atoms with van der Waals surface area (Å²) in [6.45, 7) is 0.772. The summed E-state index contributed by atoms with van der Waals surface area (Å²) in [5.74, 6) is -0.105. The minimum absolute atomic E-state index is 0.00969. The summed E-state index contributed by atoms with van der Waals surface area (Å²) in [5.41, 5.74) is 8.24. The van der Waals surface area contributed by atoms with Gasteiger partial charge in [0.25, 0.3) is 5.56 Å². The fourth-order valence-corrected chi connectivity index (χ4v) is 5.67. The van der Waals surface area contributed by atoms with Crippen LogP contribution in [0, 0.1) is 0 Å². The van der Waals surface area contributed by atoms with Crippen molar-refractivity contribution in [3.8, 4) is 16.9 Å². The van der Waals surface area contributed by atoms with E-state index in [9.17, 15) is 23.2 Å². The maximum Gasteiger partial charge on any atom is 0.387 e. The first-order valence-corrected chi connectivity index (χ1v) is 14.4. The van der Waals surface area contributed by atoms with E-state index in [0.29, 0.717) is 54.2 Å². The van der Waals surface area contributed by atoms with Crippen molar-refractivity contribution in [3.63, 3.8) is 0 Å². The molecule has 13 nitrogen and oxygen atoms in total. The van der Waals surface area contributed by atoms with E-state index in [4.69, 9.17) is 15.2 Å². The van der Waals surface area contributed by atoms with Crippen LogP contribution in [0.2, 0.25) is 0 Å². The zero-order valence-corrected chi connectivity index (χ0v) is 24.7. The van der Waals surface area contributed by atoms with Crippen LogP contribution in [-0.2, 0) is 29.7 Å². The highest BCUT2D eigenvalue weighted by molar-refractivity contribution is 5.84. The first-order chi connectivity index (χ1) is 21.6. The molecule has 0 aliphatic carbocycles. The standard InChI is InChI=1S/C30H32F2N8O5/c1-17(33)27(42)44-16-18-3-6-25(45-28(31)32)20(9-18)14-40-24-10-19(4-5-23(24)26(41)37(40)2)21-11-34-29(35-12-21)38-7-8-39-22(15-38)13-36-30(39)43/h3-6,9-12,17,22,28H,7-8,13-16,33H2,1-2H3,(H,36,43)/t17-,22+/m0/s1. The molecule has 2 atom stereocenters. The first-order valence-electron chi connectivity index (χ1n) is 14.4. The molecule has 2 aromatic heterocycles. The summed E-state index contributed by atoms with van der Waals surface area (Å²) in [6.07, 6.45) is 3.42. The number of hydrogen-bond donors (Lipinski definition) is 2. The van der Waals surface area contributed by atoms with Gasteiger partial charge in [-0.1, -0.05) is 12.1 Å². The number of fused-ring (bicyclic) bond motifs is 2. The molecular weight excluding hydrogens is 590 g/mol. The van der Waals surface area contributed by atoms with E-state index in [-0.39, 0.29) is 36.5 Å². The number of aromatic nitrogens is 4. The number of anilines is 1. The van der Waals surface area contributed by atoms with Gasteiger partial charge in [-0.05, 0) is 42.3 Å². The van der Waals surface area contributed by atoms with Crippen molar-refractivity contribution in [2.75, 3.05) is 31.1 Å². The number of halogens is 2. The predicted octanol–water partition coefficient (Wildman–Crippen LogP) is 2.05. The Labute approximate surface area is 256 Å². The van der Waals surface area contributed by atoms with E-state index in [0.717, 1.165) is 11.1 Å². The Morgan fingerprint density at radius 3 is 2.62 bits per heavy atom. The molecule has 2 aliphatic heterocycles. The molecule has 4 aromatic rings. The van der Waals surface area contributed by atoms with Gasteiger partial charge < -0.3 is 30.3 Å². The van der Waals surface area contributed by atoms with E-state index < -0.39 is 18.6 Å². The quantitative estimate of drug-likeness (QED) is 0.268. The molecule has 2 fully saturated rings. The number of alkyl halides is 2. The molecule has 0 bridgehead atoms. The number of esters is 1. The van der Waals surface area contributed by atoms with E-state index in [1.165, 1.54) is 23.7 Å². The van der Waals surface area contributed by atoms with E-state index in [2.05, 4.69) is 15.3 Å². The summed E-state index contributed by atoms with van der Waals surface area (Å²) in [4.78, 5) is 50.0. The van der Waals surface area contributed by atoms with Crippen LogP contribution in [0.4, 0.5) is 19.5 Å². The number of urea groups is 1. The maximum absolute atomic E-state index is 13.3. The van der Waals surface area contributed by atoms with Crippen molar-refractivity contribution in [2.24, 2.45) is 12.8 Å². The lowest BCUT2D eigenvalue weighted by Gasteiger charge is -2.36. The van der Waals surface area contributed by atoms with Crippen LogP contribution in [-0.4, -0.2) is 81.1 Å². The Kier molecular flexibility index (Phi) is 8.10. The Bertz CT molecular complexity index is 1810. The van der Waals surface area contributed by atoms with E-state index in [1.54, 1.807) is 42.3 Å². The SMILES string of the molecule is C[C@H](N)C(=O)OCc1ccc(OC(F)F)c(Cn2c3cc(-c4cnc(N5CCN6C(=O)NC[C@@H]6C5)nc4)ccc3c(=O)n2C)c1. The van der Waals surface area contributed by atoms with Gasteiger partial charge in [-0.2, -0.15) is 8.78 Å². The number of hydrogen-bond acceptors (Lipinski definition) is 9. The molecule has 15 heteroatoms. The molecule has 0 saturated carbocycles. The number of amides is 2. The van der Waals surface area contributed by atoms with E-state index in [1.807, 2.05) is 15.9 Å². The predicted molar refractivity (Wildman–Crippen MR) is 160 cm³/mol. The number of carbonyl (C=O) groups is 2. The molecule has 2 aromatic carbocycles. The fourth-order valence-electron chi connectivity index (χ4n) is 5.67. The fraction of sp³-hybridized carbons (Fsp3) is 0.367. The number of rotatable bonds is 9. The zero-order chi connectivity index (χ0) is 31.8. The molecule has 45 heavy (non-hydrogen) atoms. The maximum atomic E-state index is 13.3. The largest absolute Gasteiger partial charge is 0.460 e. The Balaban J connectivity index is 1.28. The molecule has 3 N–H and O–H groups in total. The molecule has 2 amide bonds. The first kappa shape index (κ1) is 30.0. The number of piperazine rings is 1. The smallest absolute Gasteiger partial charge is 0.387 e. The van der Waals surface area contributed by atoms with Crippen molar-refractivity contribution in [1.29, 1.82) is 0 Å². The van der Waals surface area contributed by atoms with Gasteiger partial charge >= 0.3 is 18.6 Å². The molecule has 2 saturated heterocycles. The van der Waals surface area contributed by atoms with Gasteiger partial charge in [0.05, 0.1) is 23.5 Å². The van der Waals surface area contributed by atoms with Gasteiger partial charge in [0.2, 0.25) is 5.95 Å². The van der Waals surface area contributed by atoms with Crippen LogP contribution in [0.15, 0.2) is 53.6 Å². The van der Waals surface area contributed by atoms with Crippen LogP contribution in [0.25, 0.3) is 22.0 Å². The van der Waals surface area contributed by atoms with Gasteiger partial charge in [-0.15, -0.1) is 0 Å². The number of nitrogens with zero attached hydrogens (tertiary/aromatic N) is 6. The zero-order valence-electron chi connectivity index (χ0n) is 24.7. The Morgan fingerprint density at radius 1 is 1.11 bits per heavy atom. The topological polar surface area (TPSA) is 150 Å². The van der Waals surface area contributed by atoms with Gasteiger partial charge in [0.1, 0.15) is 18.4 Å². The van der Waals surface area contributed by atoms with Gasteiger partial charge in [-0.25, -0.2) is 14.8 Å². The number of carbonyl (C=O) groups excluding carboxylic acids is 2. The average molecular weight is 623 g/mol. The lowest BCUT2D eigenvalue weighted by Crippen LogP contribution is -2.52. The Morgan fingerprint density at radius 2 is 1.89 bits per heavy atom. The highest BCUT2D eigenvalue weighted by Crippen LogP contribution is 2.28. The third kappa shape index (κ3) is 6.02. The number of ether oxygens (including phenoxy) is 2. The lowest BCUT2D eigenvalue weighted by molar-refractivity contribution is -0.146. The summed E-state index contributed by atoms with van der Waals surface area (Å²) in [5, 5.41) is 3.30. The van der Waals surface area contributed by atoms with Crippen molar-refractivity contribution >= 4 is 28.9 Å². The summed E-state index contributed by atoms with van der Waals surface area (Å²) >= 11 is 0. The molecule has 0 unspecified atom stereocenters. The monoisotopic (exact) mass is 622 g/mol. The summed E-state index contributed by atoms with van der Waals surface area (Å²) < 4.78 is 39.6. The van der Waals surface area contributed by atoms with Crippen molar-refractivity contribution in [1.82, 2.24) is 29.5 Å². The molecule has 0 spiro atoms. The average Bonchev–Trinajstić information content (AvgIpc) is 3.52. The third-order valence-electron chi connectivity index (χ3n) is 8.06. The number of nitrogens with two attached hydrogens (primary N) is 1. The molecule has 6 rings (SSSR count).